The van der Waals surface area contributed by atoms with Crippen LogP contribution in [-0.4, -0.2) is 21.5 Å². The van der Waals surface area contributed by atoms with Gasteiger partial charge in [-0.1, -0.05) is 6.92 Å². The van der Waals surface area contributed by atoms with Crippen LogP contribution in [0, 0.1) is 0 Å². The van der Waals surface area contributed by atoms with Crippen molar-refractivity contribution in [2.45, 2.75) is 32.1 Å². The Balaban J connectivity index is 2.02. The first-order valence-corrected chi connectivity index (χ1v) is 8.18. The number of hydrogen-bond acceptors (Lipinski definition) is 5. The zero-order chi connectivity index (χ0) is 13.2. The molecule has 100 valence electrons. The van der Waals surface area contributed by atoms with E-state index in [1.807, 2.05) is 5.38 Å². The zero-order valence-electron chi connectivity index (χ0n) is 10.7. The Morgan fingerprint density at radius 2 is 2.26 bits per heavy atom. The molecule has 1 aliphatic carbocycles. The molecule has 4 nitrogen and oxygen atoms in total. The third kappa shape index (κ3) is 2.79. The molecule has 1 saturated carbocycles. The third-order valence-electron chi connectivity index (χ3n) is 3.01. The number of hydrogen-bond donors (Lipinski definition) is 1. The molecule has 0 aliphatic heterocycles. The smallest absolute Gasteiger partial charge is 0.191 e. The van der Waals surface area contributed by atoms with Crippen LogP contribution >= 0.6 is 27.3 Å². The Hall–Kier alpha value is -1.01. The summed E-state index contributed by atoms with van der Waals surface area (Å²) >= 11 is 5.22. The lowest BCUT2D eigenvalue weighted by Crippen LogP contribution is -2.07. The average molecular weight is 339 g/mol. The summed E-state index contributed by atoms with van der Waals surface area (Å²) in [5.41, 5.74) is 1.12. The predicted molar refractivity (Wildman–Crippen MR) is 81.6 cm³/mol. The standard InChI is InChI=1S/C13H15BrN4S/c1-2-5-15-11-9(14)10(8-3-4-8)17-12(18-11)13-16-6-7-19-13/h6-8H,2-5H2,1H3,(H,15,17,18). The minimum Gasteiger partial charge on any atom is -0.369 e. The number of rotatable bonds is 5. The highest BCUT2D eigenvalue weighted by atomic mass is 79.9. The topological polar surface area (TPSA) is 50.7 Å². The van der Waals surface area contributed by atoms with Gasteiger partial charge in [-0.05, 0) is 35.2 Å². The van der Waals surface area contributed by atoms with Crippen molar-refractivity contribution in [1.29, 1.82) is 0 Å². The molecular formula is C13H15BrN4S. The van der Waals surface area contributed by atoms with Crippen LogP contribution in [0.3, 0.4) is 0 Å². The summed E-state index contributed by atoms with van der Waals surface area (Å²) in [6.45, 7) is 3.06. The molecule has 0 spiro atoms. The molecule has 2 aromatic rings. The third-order valence-corrected chi connectivity index (χ3v) is 4.56. The van der Waals surface area contributed by atoms with E-state index in [-0.39, 0.29) is 0 Å². The normalized spacial score (nSPS) is 14.6. The molecule has 3 rings (SSSR count). The first-order chi connectivity index (χ1) is 9.29. The molecule has 2 aromatic heterocycles. The van der Waals surface area contributed by atoms with Crippen LogP contribution < -0.4 is 5.32 Å². The number of thiazole rings is 1. The predicted octanol–water partition coefficient (Wildman–Crippen LogP) is 4.06. The highest BCUT2D eigenvalue weighted by Crippen LogP contribution is 2.44. The van der Waals surface area contributed by atoms with Crippen molar-refractivity contribution in [2.24, 2.45) is 0 Å². The second kappa shape index (κ2) is 5.54. The van der Waals surface area contributed by atoms with E-state index in [0.29, 0.717) is 5.92 Å². The quantitative estimate of drug-likeness (QED) is 0.892. The van der Waals surface area contributed by atoms with Crippen LogP contribution in [0.2, 0.25) is 0 Å². The summed E-state index contributed by atoms with van der Waals surface area (Å²) in [6.07, 6.45) is 5.31. The van der Waals surface area contributed by atoms with Gasteiger partial charge in [0.15, 0.2) is 10.8 Å². The maximum atomic E-state index is 4.70. The molecule has 0 amide bonds. The molecule has 1 fully saturated rings. The van der Waals surface area contributed by atoms with Gasteiger partial charge in [-0.3, -0.25) is 0 Å². The summed E-state index contributed by atoms with van der Waals surface area (Å²) in [4.78, 5) is 13.6. The highest BCUT2D eigenvalue weighted by Gasteiger charge is 2.29. The van der Waals surface area contributed by atoms with Crippen LogP contribution in [0.15, 0.2) is 16.0 Å². The van der Waals surface area contributed by atoms with Crippen LogP contribution in [0.25, 0.3) is 10.8 Å². The first-order valence-electron chi connectivity index (χ1n) is 6.50. The number of nitrogens with one attached hydrogen (secondary N) is 1. The molecule has 0 atom stereocenters. The van der Waals surface area contributed by atoms with Gasteiger partial charge in [0.1, 0.15) is 5.82 Å². The van der Waals surface area contributed by atoms with Gasteiger partial charge in [0.05, 0.1) is 10.2 Å². The van der Waals surface area contributed by atoms with Crippen LogP contribution in [0.4, 0.5) is 5.82 Å². The molecule has 2 heterocycles. The van der Waals surface area contributed by atoms with E-state index in [9.17, 15) is 0 Å². The molecule has 6 heteroatoms. The number of halogens is 1. The largest absolute Gasteiger partial charge is 0.369 e. The molecule has 0 unspecified atom stereocenters. The second-order valence-corrected chi connectivity index (χ2v) is 6.32. The first kappa shape index (κ1) is 13.0. The van der Waals surface area contributed by atoms with Crippen molar-refractivity contribution in [3.05, 3.63) is 21.7 Å². The van der Waals surface area contributed by atoms with E-state index in [1.165, 1.54) is 12.8 Å². The van der Waals surface area contributed by atoms with Gasteiger partial charge in [0.25, 0.3) is 0 Å². The molecule has 0 aromatic carbocycles. The maximum absolute atomic E-state index is 4.70. The lowest BCUT2D eigenvalue weighted by Gasteiger charge is -2.11. The van der Waals surface area contributed by atoms with Crippen molar-refractivity contribution >= 4 is 33.1 Å². The molecule has 0 bridgehead atoms. The maximum Gasteiger partial charge on any atom is 0.191 e. The summed E-state index contributed by atoms with van der Waals surface area (Å²) in [5.74, 6) is 2.21. The van der Waals surface area contributed by atoms with Crippen molar-refractivity contribution in [3.8, 4) is 10.8 Å². The minimum atomic E-state index is 0.582. The summed E-state index contributed by atoms with van der Waals surface area (Å²) in [7, 11) is 0. The van der Waals surface area contributed by atoms with E-state index in [0.717, 1.165) is 39.8 Å². The van der Waals surface area contributed by atoms with E-state index < -0.39 is 0 Å². The van der Waals surface area contributed by atoms with Crippen LogP contribution in [-0.2, 0) is 0 Å². The van der Waals surface area contributed by atoms with Crippen LogP contribution in [0.5, 0.6) is 0 Å². The lowest BCUT2D eigenvalue weighted by molar-refractivity contribution is 0.939. The Morgan fingerprint density at radius 1 is 1.42 bits per heavy atom. The molecular weight excluding hydrogens is 324 g/mol. The van der Waals surface area contributed by atoms with Crippen molar-refractivity contribution in [1.82, 2.24) is 15.0 Å². The molecule has 0 saturated heterocycles. The molecule has 1 aliphatic rings. The van der Waals surface area contributed by atoms with Gasteiger partial charge in [0.2, 0.25) is 0 Å². The highest BCUT2D eigenvalue weighted by molar-refractivity contribution is 9.10. The fourth-order valence-corrected chi connectivity index (χ4v) is 3.09. The van der Waals surface area contributed by atoms with Crippen molar-refractivity contribution in [2.75, 3.05) is 11.9 Å². The Morgan fingerprint density at radius 3 is 2.89 bits per heavy atom. The number of nitrogens with zero attached hydrogens (tertiary/aromatic N) is 3. The second-order valence-electron chi connectivity index (χ2n) is 4.63. The average Bonchev–Trinajstić information content (AvgIpc) is 3.11. The zero-order valence-corrected chi connectivity index (χ0v) is 13.1. The van der Waals surface area contributed by atoms with Gasteiger partial charge in [-0.15, -0.1) is 11.3 Å². The van der Waals surface area contributed by atoms with Gasteiger partial charge < -0.3 is 5.32 Å². The SMILES string of the molecule is CCCNc1nc(-c2nccs2)nc(C2CC2)c1Br. The van der Waals surface area contributed by atoms with E-state index in [1.54, 1.807) is 17.5 Å². The monoisotopic (exact) mass is 338 g/mol. The summed E-state index contributed by atoms with van der Waals surface area (Å²) < 4.78 is 1.02. The summed E-state index contributed by atoms with van der Waals surface area (Å²) in [5, 5.41) is 6.21. The van der Waals surface area contributed by atoms with E-state index in [2.05, 4.69) is 38.1 Å². The number of anilines is 1. The van der Waals surface area contributed by atoms with Gasteiger partial charge in [-0.25, -0.2) is 15.0 Å². The molecule has 1 N–H and O–H groups in total. The molecule has 19 heavy (non-hydrogen) atoms. The Kier molecular flexibility index (Phi) is 3.79. The van der Waals surface area contributed by atoms with Crippen molar-refractivity contribution in [3.63, 3.8) is 0 Å². The fourth-order valence-electron chi connectivity index (χ4n) is 1.88. The van der Waals surface area contributed by atoms with Gasteiger partial charge >= 0.3 is 0 Å². The van der Waals surface area contributed by atoms with Gasteiger partial charge in [0, 0.05) is 24.0 Å². The van der Waals surface area contributed by atoms with Crippen molar-refractivity contribution < 1.29 is 0 Å². The fraction of sp³-hybridized carbons (Fsp3) is 0.462. The summed E-state index contributed by atoms with van der Waals surface area (Å²) in [6, 6.07) is 0. The van der Waals surface area contributed by atoms with E-state index >= 15 is 0 Å². The Bertz CT molecular complexity index is 566. The minimum absolute atomic E-state index is 0.582. The number of aromatic nitrogens is 3. The van der Waals surface area contributed by atoms with Crippen LogP contribution in [0.1, 0.15) is 37.8 Å². The Labute approximate surface area is 124 Å². The van der Waals surface area contributed by atoms with Gasteiger partial charge in [-0.2, -0.15) is 0 Å². The lowest BCUT2D eigenvalue weighted by atomic mass is 10.2. The molecule has 0 radical (unpaired) electrons. The van der Waals surface area contributed by atoms with E-state index in [4.69, 9.17) is 4.98 Å².